The largest absolute Gasteiger partial charge is 0.443 e. The van der Waals surface area contributed by atoms with Crippen LogP contribution in [0.3, 0.4) is 0 Å². The minimum Gasteiger partial charge on any atom is -0.443 e. The molecule has 0 saturated carbocycles. The quantitative estimate of drug-likeness (QED) is 0.844. The van der Waals surface area contributed by atoms with E-state index >= 15 is 0 Å². The van der Waals surface area contributed by atoms with Crippen molar-refractivity contribution in [3.8, 4) is 0 Å². The number of amides is 1. The molecule has 0 saturated heterocycles. The Bertz CT molecular complexity index is 372. The molecule has 94 valence electrons. The van der Waals surface area contributed by atoms with E-state index in [2.05, 4.69) is 5.32 Å². The van der Waals surface area contributed by atoms with Gasteiger partial charge in [0.25, 0.3) is 0 Å². The molecule has 17 heavy (non-hydrogen) atoms. The first-order valence-electron chi connectivity index (χ1n) is 5.76. The van der Waals surface area contributed by atoms with Gasteiger partial charge in [0.05, 0.1) is 0 Å². The molecule has 0 aliphatic rings. The molecular formula is C13H20N2O2. The van der Waals surface area contributed by atoms with Gasteiger partial charge in [-0.2, -0.15) is 0 Å². The summed E-state index contributed by atoms with van der Waals surface area (Å²) in [4.78, 5) is 11.6. The van der Waals surface area contributed by atoms with Crippen LogP contribution in [0.15, 0.2) is 24.3 Å². The Kier molecular flexibility index (Phi) is 4.52. The van der Waals surface area contributed by atoms with Gasteiger partial charge in [-0.05, 0) is 38.0 Å². The second-order valence-electron chi connectivity index (χ2n) is 4.53. The molecule has 0 heterocycles. The predicted octanol–water partition coefficient (Wildman–Crippen LogP) is 2.88. The number of benzene rings is 1. The van der Waals surface area contributed by atoms with Crippen molar-refractivity contribution in [2.45, 2.75) is 39.3 Å². The molecule has 1 amide bonds. The molecule has 3 N–H and O–H groups in total. The fraction of sp³-hybridized carbons (Fsp3) is 0.462. The van der Waals surface area contributed by atoms with Crippen LogP contribution in [0.2, 0.25) is 0 Å². The zero-order valence-electron chi connectivity index (χ0n) is 10.6. The highest BCUT2D eigenvalue weighted by molar-refractivity contribution is 5.84. The fourth-order valence-corrected chi connectivity index (χ4v) is 1.19. The number of ether oxygens (including phenoxy) is 1. The van der Waals surface area contributed by atoms with E-state index in [0.717, 1.165) is 12.0 Å². The SMILES string of the molecule is CCC(C)(C)OC(=O)Nc1ccc(CN)cc1. The molecule has 1 aromatic rings. The van der Waals surface area contributed by atoms with Crippen LogP contribution in [0.25, 0.3) is 0 Å². The molecule has 1 rings (SSSR count). The van der Waals surface area contributed by atoms with E-state index in [9.17, 15) is 4.79 Å². The molecule has 0 radical (unpaired) electrons. The maximum absolute atomic E-state index is 11.6. The zero-order chi connectivity index (χ0) is 12.9. The fourth-order valence-electron chi connectivity index (χ4n) is 1.19. The van der Waals surface area contributed by atoms with E-state index in [-0.39, 0.29) is 0 Å². The van der Waals surface area contributed by atoms with Crippen molar-refractivity contribution in [2.75, 3.05) is 5.32 Å². The number of carbonyl (C=O) groups excluding carboxylic acids is 1. The lowest BCUT2D eigenvalue weighted by Crippen LogP contribution is -2.29. The van der Waals surface area contributed by atoms with Gasteiger partial charge in [-0.1, -0.05) is 19.1 Å². The lowest BCUT2D eigenvalue weighted by Gasteiger charge is -2.23. The highest BCUT2D eigenvalue weighted by atomic mass is 16.6. The standard InChI is InChI=1S/C13H20N2O2/c1-4-13(2,3)17-12(16)15-11-7-5-10(9-14)6-8-11/h5-8H,4,9,14H2,1-3H3,(H,15,16). The first kappa shape index (κ1) is 13.5. The van der Waals surface area contributed by atoms with Crippen molar-refractivity contribution in [1.82, 2.24) is 0 Å². The summed E-state index contributed by atoms with van der Waals surface area (Å²) in [6.45, 7) is 6.23. The van der Waals surface area contributed by atoms with Crippen molar-refractivity contribution < 1.29 is 9.53 Å². The Morgan fingerprint density at radius 1 is 1.35 bits per heavy atom. The number of rotatable bonds is 4. The zero-order valence-corrected chi connectivity index (χ0v) is 10.6. The topological polar surface area (TPSA) is 64.3 Å². The van der Waals surface area contributed by atoms with Crippen LogP contribution in [0, 0.1) is 0 Å². The van der Waals surface area contributed by atoms with Crippen LogP contribution in [0.5, 0.6) is 0 Å². The molecular weight excluding hydrogens is 216 g/mol. The van der Waals surface area contributed by atoms with Crippen LogP contribution in [-0.2, 0) is 11.3 Å². The average molecular weight is 236 g/mol. The maximum atomic E-state index is 11.6. The highest BCUT2D eigenvalue weighted by Crippen LogP contribution is 2.16. The Morgan fingerprint density at radius 2 is 1.94 bits per heavy atom. The summed E-state index contributed by atoms with van der Waals surface area (Å²) in [7, 11) is 0. The van der Waals surface area contributed by atoms with E-state index in [0.29, 0.717) is 12.2 Å². The molecule has 4 nitrogen and oxygen atoms in total. The minimum absolute atomic E-state index is 0.433. The summed E-state index contributed by atoms with van der Waals surface area (Å²) in [5.41, 5.74) is 6.78. The summed E-state index contributed by atoms with van der Waals surface area (Å²) >= 11 is 0. The number of nitrogens with two attached hydrogens (primary N) is 1. The number of nitrogens with one attached hydrogen (secondary N) is 1. The van der Waals surface area contributed by atoms with E-state index in [1.54, 1.807) is 0 Å². The summed E-state index contributed by atoms with van der Waals surface area (Å²) in [5.74, 6) is 0. The van der Waals surface area contributed by atoms with E-state index < -0.39 is 11.7 Å². The van der Waals surface area contributed by atoms with Crippen LogP contribution in [-0.4, -0.2) is 11.7 Å². The Labute approximate surface area is 102 Å². The van der Waals surface area contributed by atoms with Gasteiger partial charge in [0.15, 0.2) is 0 Å². The lowest BCUT2D eigenvalue weighted by molar-refractivity contribution is 0.0462. The highest BCUT2D eigenvalue weighted by Gasteiger charge is 2.20. The van der Waals surface area contributed by atoms with Gasteiger partial charge in [0.1, 0.15) is 5.60 Å². The number of hydrogen-bond donors (Lipinski definition) is 2. The third-order valence-electron chi connectivity index (χ3n) is 2.66. The van der Waals surface area contributed by atoms with Crippen molar-refractivity contribution in [3.05, 3.63) is 29.8 Å². The molecule has 1 aromatic carbocycles. The van der Waals surface area contributed by atoms with E-state index in [4.69, 9.17) is 10.5 Å². The second kappa shape index (κ2) is 5.68. The predicted molar refractivity (Wildman–Crippen MR) is 68.8 cm³/mol. The maximum Gasteiger partial charge on any atom is 0.412 e. The Balaban J connectivity index is 2.56. The molecule has 0 spiro atoms. The summed E-state index contributed by atoms with van der Waals surface area (Å²) in [6.07, 6.45) is 0.337. The molecule has 0 aliphatic carbocycles. The molecule has 0 atom stereocenters. The average Bonchev–Trinajstić information content (AvgIpc) is 2.29. The lowest BCUT2D eigenvalue weighted by atomic mass is 10.1. The van der Waals surface area contributed by atoms with Crippen molar-refractivity contribution in [2.24, 2.45) is 5.73 Å². The van der Waals surface area contributed by atoms with Crippen LogP contribution in [0.4, 0.5) is 10.5 Å². The van der Waals surface area contributed by atoms with Gasteiger partial charge >= 0.3 is 6.09 Å². The summed E-state index contributed by atoms with van der Waals surface area (Å²) < 4.78 is 5.27. The van der Waals surface area contributed by atoms with Gasteiger partial charge in [0.2, 0.25) is 0 Å². The second-order valence-corrected chi connectivity index (χ2v) is 4.53. The van der Waals surface area contributed by atoms with Crippen molar-refractivity contribution >= 4 is 11.8 Å². The minimum atomic E-state index is -0.443. The third-order valence-corrected chi connectivity index (χ3v) is 2.66. The van der Waals surface area contributed by atoms with Gasteiger partial charge in [0, 0.05) is 12.2 Å². The van der Waals surface area contributed by atoms with E-state index in [1.165, 1.54) is 0 Å². The summed E-state index contributed by atoms with van der Waals surface area (Å²) in [5, 5.41) is 2.68. The number of anilines is 1. The molecule has 0 fully saturated rings. The number of carbonyl (C=O) groups is 1. The normalized spacial score (nSPS) is 11.1. The molecule has 0 unspecified atom stereocenters. The van der Waals surface area contributed by atoms with Crippen LogP contribution in [0.1, 0.15) is 32.8 Å². The Morgan fingerprint density at radius 3 is 2.41 bits per heavy atom. The van der Waals surface area contributed by atoms with E-state index in [1.807, 2.05) is 45.0 Å². The molecule has 0 aliphatic heterocycles. The number of hydrogen-bond acceptors (Lipinski definition) is 3. The molecule has 0 bridgehead atoms. The van der Waals surface area contributed by atoms with Crippen molar-refractivity contribution in [3.63, 3.8) is 0 Å². The summed E-state index contributed by atoms with van der Waals surface area (Å²) in [6, 6.07) is 7.37. The first-order chi connectivity index (χ1) is 7.96. The van der Waals surface area contributed by atoms with Gasteiger partial charge < -0.3 is 10.5 Å². The van der Waals surface area contributed by atoms with Gasteiger partial charge in [-0.25, -0.2) is 4.79 Å². The Hall–Kier alpha value is -1.55. The molecule has 0 aromatic heterocycles. The van der Waals surface area contributed by atoms with Crippen LogP contribution >= 0.6 is 0 Å². The molecule has 4 heteroatoms. The third kappa shape index (κ3) is 4.44. The van der Waals surface area contributed by atoms with Crippen LogP contribution < -0.4 is 11.1 Å². The smallest absolute Gasteiger partial charge is 0.412 e. The van der Waals surface area contributed by atoms with Crippen molar-refractivity contribution in [1.29, 1.82) is 0 Å². The first-order valence-corrected chi connectivity index (χ1v) is 5.76. The van der Waals surface area contributed by atoms with Gasteiger partial charge in [-0.3, -0.25) is 5.32 Å². The van der Waals surface area contributed by atoms with Gasteiger partial charge in [-0.15, -0.1) is 0 Å². The monoisotopic (exact) mass is 236 g/mol.